The second-order valence-corrected chi connectivity index (χ2v) is 6.53. The Hall–Kier alpha value is -2.91. The third kappa shape index (κ3) is 6.30. The van der Waals surface area contributed by atoms with Crippen LogP contribution in [0.5, 0.6) is 0 Å². The third-order valence-corrected chi connectivity index (χ3v) is 4.41. The maximum atomic E-state index is 13.6. The van der Waals surface area contributed by atoms with Crippen molar-refractivity contribution in [1.29, 1.82) is 0 Å². The van der Waals surface area contributed by atoms with Gasteiger partial charge in [0.25, 0.3) is 0 Å². The lowest BCUT2D eigenvalue weighted by atomic mass is 10.1. The summed E-state index contributed by atoms with van der Waals surface area (Å²) in [7, 11) is 1.30. The van der Waals surface area contributed by atoms with Crippen LogP contribution in [0.1, 0.15) is 17.2 Å². The number of aliphatic hydroxyl groups excluding tert-OH is 1. The molecule has 2 amide bonds. The molecule has 0 aromatic heterocycles. The van der Waals surface area contributed by atoms with Crippen molar-refractivity contribution in [2.45, 2.75) is 12.5 Å². The lowest BCUT2D eigenvalue weighted by Crippen LogP contribution is -2.46. The first-order chi connectivity index (χ1) is 14.4. The van der Waals surface area contributed by atoms with Gasteiger partial charge in [-0.15, -0.1) is 0 Å². The molecule has 9 heteroatoms. The predicted molar refractivity (Wildman–Crippen MR) is 103 cm³/mol. The van der Waals surface area contributed by atoms with E-state index in [9.17, 15) is 27.9 Å². The number of amides is 2. The van der Waals surface area contributed by atoms with Gasteiger partial charge in [0.1, 0.15) is 0 Å². The number of carbonyl (C=O) groups excluding carboxylic acids is 2. The molecule has 1 unspecified atom stereocenters. The fourth-order valence-electron chi connectivity index (χ4n) is 2.87. The van der Waals surface area contributed by atoms with E-state index < -0.39 is 35.3 Å². The fourth-order valence-corrected chi connectivity index (χ4v) is 2.87. The molecule has 0 saturated carbocycles. The first kappa shape index (κ1) is 23.4. The fraction of sp³-hybridized carbons (Fsp3) is 0.333. The number of rotatable bonds is 9. The number of benzene rings is 2. The van der Waals surface area contributed by atoms with Crippen LogP contribution in [0.3, 0.4) is 0 Å². The zero-order valence-electron chi connectivity index (χ0n) is 16.4. The number of nitrogens with one attached hydrogen (secondary N) is 1. The lowest BCUT2D eigenvalue weighted by molar-refractivity contribution is -0.146. The molecule has 0 heterocycles. The van der Waals surface area contributed by atoms with Gasteiger partial charge in [-0.2, -0.15) is 0 Å². The van der Waals surface area contributed by atoms with Crippen molar-refractivity contribution < 1.29 is 32.6 Å². The summed E-state index contributed by atoms with van der Waals surface area (Å²) in [6, 6.07) is 9.65. The van der Waals surface area contributed by atoms with Crippen molar-refractivity contribution in [2.24, 2.45) is 0 Å². The minimum absolute atomic E-state index is 0.0617. The SMILES string of the molecule is COCC(NC(=O)C(=O)N(CCO)CCc1ccccc1)c1cc(F)c(F)c(F)c1. The Bertz CT molecular complexity index is 842. The number of hydrogen-bond donors (Lipinski definition) is 2. The topological polar surface area (TPSA) is 78.9 Å². The van der Waals surface area contributed by atoms with Crippen molar-refractivity contribution in [2.75, 3.05) is 33.4 Å². The van der Waals surface area contributed by atoms with E-state index in [1.165, 1.54) is 12.0 Å². The molecule has 162 valence electrons. The first-order valence-corrected chi connectivity index (χ1v) is 9.25. The van der Waals surface area contributed by atoms with E-state index in [0.29, 0.717) is 6.42 Å². The molecule has 0 bridgehead atoms. The molecule has 2 N–H and O–H groups in total. The van der Waals surface area contributed by atoms with Crippen LogP contribution in [-0.2, 0) is 20.7 Å². The minimum atomic E-state index is -1.63. The Balaban J connectivity index is 2.11. The summed E-state index contributed by atoms with van der Waals surface area (Å²) in [5.74, 6) is -6.42. The van der Waals surface area contributed by atoms with Crippen LogP contribution in [0.25, 0.3) is 0 Å². The number of ether oxygens (including phenoxy) is 1. The monoisotopic (exact) mass is 424 g/mol. The molecule has 0 aliphatic heterocycles. The smallest absolute Gasteiger partial charge is 0.311 e. The van der Waals surface area contributed by atoms with E-state index in [4.69, 9.17) is 4.74 Å². The van der Waals surface area contributed by atoms with Crippen LogP contribution < -0.4 is 5.32 Å². The van der Waals surface area contributed by atoms with E-state index in [-0.39, 0.29) is 31.9 Å². The minimum Gasteiger partial charge on any atom is -0.395 e. The van der Waals surface area contributed by atoms with E-state index >= 15 is 0 Å². The summed E-state index contributed by atoms with van der Waals surface area (Å²) in [6.07, 6.45) is 0.468. The second-order valence-electron chi connectivity index (χ2n) is 6.53. The standard InChI is InChI=1S/C21H23F3N2O4/c1-30-13-18(15-11-16(22)19(24)17(23)12-15)25-20(28)21(29)26(9-10-27)8-7-14-5-3-2-4-6-14/h2-6,11-12,18,27H,7-10,13H2,1H3,(H,25,28). The molecule has 0 aliphatic carbocycles. The average Bonchev–Trinajstić information content (AvgIpc) is 2.74. The number of halogens is 3. The highest BCUT2D eigenvalue weighted by molar-refractivity contribution is 6.35. The molecule has 0 aliphatic rings. The van der Waals surface area contributed by atoms with Gasteiger partial charge in [0.15, 0.2) is 17.5 Å². The highest BCUT2D eigenvalue weighted by Gasteiger charge is 2.26. The summed E-state index contributed by atoms with van der Waals surface area (Å²) >= 11 is 0. The molecule has 0 saturated heterocycles. The Morgan fingerprint density at radius 1 is 1.10 bits per heavy atom. The molecule has 2 rings (SSSR count). The molecule has 2 aromatic carbocycles. The predicted octanol–water partition coefficient (Wildman–Crippen LogP) is 1.97. The van der Waals surface area contributed by atoms with Crippen LogP contribution in [0.4, 0.5) is 13.2 Å². The van der Waals surface area contributed by atoms with Gasteiger partial charge in [-0.3, -0.25) is 9.59 Å². The summed E-state index contributed by atoms with van der Waals surface area (Å²) in [6.45, 7) is -0.420. The van der Waals surface area contributed by atoms with Gasteiger partial charge >= 0.3 is 11.8 Å². The molecular formula is C21H23F3N2O4. The Morgan fingerprint density at radius 2 is 1.73 bits per heavy atom. The Labute approximate surface area is 172 Å². The maximum absolute atomic E-state index is 13.6. The molecular weight excluding hydrogens is 401 g/mol. The van der Waals surface area contributed by atoms with E-state index in [0.717, 1.165) is 17.7 Å². The largest absolute Gasteiger partial charge is 0.395 e. The molecule has 30 heavy (non-hydrogen) atoms. The van der Waals surface area contributed by atoms with Gasteiger partial charge in [-0.05, 0) is 29.7 Å². The van der Waals surface area contributed by atoms with Crippen LogP contribution in [0, 0.1) is 17.5 Å². The number of nitrogens with zero attached hydrogens (tertiary/aromatic N) is 1. The number of methoxy groups -OCH3 is 1. The van der Waals surface area contributed by atoms with Crippen molar-refractivity contribution in [3.05, 3.63) is 71.0 Å². The van der Waals surface area contributed by atoms with Gasteiger partial charge in [-0.25, -0.2) is 13.2 Å². The van der Waals surface area contributed by atoms with Crippen LogP contribution in [0.2, 0.25) is 0 Å². The Morgan fingerprint density at radius 3 is 2.30 bits per heavy atom. The van der Waals surface area contributed by atoms with Gasteiger partial charge in [-0.1, -0.05) is 30.3 Å². The molecule has 0 radical (unpaired) electrons. The highest BCUT2D eigenvalue weighted by Crippen LogP contribution is 2.20. The zero-order valence-corrected chi connectivity index (χ0v) is 16.4. The summed E-state index contributed by atoms with van der Waals surface area (Å²) in [5, 5.41) is 11.6. The van der Waals surface area contributed by atoms with Gasteiger partial charge in [0.05, 0.1) is 19.3 Å². The molecule has 6 nitrogen and oxygen atoms in total. The third-order valence-electron chi connectivity index (χ3n) is 4.41. The summed E-state index contributed by atoms with van der Waals surface area (Å²) < 4.78 is 45.3. The van der Waals surface area contributed by atoms with Gasteiger partial charge in [0.2, 0.25) is 0 Å². The number of aliphatic hydroxyl groups is 1. The number of carbonyl (C=O) groups is 2. The maximum Gasteiger partial charge on any atom is 0.311 e. The van der Waals surface area contributed by atoms with Crippen molar-refractivity contribution in [1.82, 2.24) is 10.2 Å². The molecule has 0 fully saturated rings. The summed E-state index contributed by atoms with van der Waals surface area (Å²) in [5.41, 5.74) is 0.857. The molecule has 0 spiro atoms. The zero-order chi connectivity index (χ0) is 22.1. The number of hydrogen-bond acceptors (Lipinski definition) is 4. The van der Waals surface area contributed by atoms with Gasteiger partial charge in [0, 0.05) is 20.2 Å². The van der Waals surface area contributed by atoms with E-state index in [1.807, 2.05) is 30.3 Å². The van der Waals surface area contributed by atoms with Crippen molar-refractivity contribution >= 4 is 11.8 Å². The van der Waals surface area contributed by atoms with Gasteiger partial charge < -0.3 is 20.1 Å². The molecule has 2 aromatic rings. The van der Waals surface area contributed by atoms with Crippen molar-refractivity contribution in [3.63, 3.8) is 0 Å². The van der Waals surface area contributed by atoms with E-state index in [2.05, 4.69) is 5.32 Å². The Kier molecular flexibility index (Phi) is 8.82. The van der Waals surface area contributed by atoms with Crippen molar-refractivity contribution in [3.8, 4) is 0 Å². The second kappa shape index (κ2) is 11.3. The van der Waals surface area contributed by atoms with Crippen LogP contribution >= 0.6 is 0 Å². The molecule has 1 atom stereocenters. The highest BCUT2D eigenvalue weighted by atomic mass is 19.2. The van der Waals surface area contributed by atoms with Crippen LogP contribution in [-0.4, -0.2) is 55.2 Å². The normalized spacial score (nSPS) is 11.8. The lowest BCUT2D eigenvalue weighted by Gasteiger charge is -2.24. The quantitative estimate of drug-likeness (QED) is 0.477. The van der Waals surface area contributed by atoms with Crippen LogP contribution in [0.15, 0.2) is 42.5 Å². The van der Waals surface area contributed by atoms with E-state index in [1.54, 1.807) is 0 Å². The first-order valence-electron chi connectivity index (χ1n) is 9.25. The average molecular weight is 424 g/mol. The summed E-state index contributed by atoms with van der Waals surface area (Å²) in [4.78, 5) is 26.2.